The number of hydrogen-bond acceptors (Lipinski definition) is 1. The number of carboxylic acids is 1. The van der Waals surface area contributed by atoms with Crippen molar-refractivity contribution >= 4 is 5.97 Å². The van der Waals surface area contributed by atoms with Crippen molar-refractivity contribution in [3.8, 4) is 0 Å². The van der Waals surface area contributed by atoms with Crippen LogP contribution in [-0.2, 0) is 4.79 Å². The Kier molecular flexibility index (Phi) is 8.77. The molecule has 0 aromatic heterocycles. The van der Waals surface area contributed by atoms with Crippen LogP contribution in [0.2, 0.25) is 0 Å². The lowest BCUT2D eigenvalue weighted by molar-refractivity contribution is -0.137. The third-order valence-electron chi connectivity index (χ3n) is 3.62. The summed E-state index contributed by atoms with van der Waals surface area (Å²) in [4.78, 5) is 10.4. The molecule has 1 saturated carbocycles. The Balaban J connectivity index is 2.02. The molecule has 2 unspecified atom stereocenters. The van der Waals surface area contributed by atoms with Gasteiger partial charge in [0.25, 0.3) is 0 Å². The minimum atomic E-state index is -0.698. The molecule has 1 aliphatic carbocycles. The van der Waals surface area contributed by atoms with Crippen molar-refractivity contribution in [2.75, 3.05) is 0 Å². The van der Waals surface area contributed by atoms with Crippen molar-refractivity contribution in [2.45, 2.75) is 58.3 Å². The fourth-order valence-corrected chi connectivity index (χ4v) is 2.21. The van der Waals surface area contributed by atoms with E-state index in [1.54, 1.807) is 0 Å². The van der Waals surface area contributed by atoms with Crippen LogP contribution in [0.5, 0.6) is 0 Å². The Morgan fingerprint density at radius 3 is 2.55 bits per heavy atom. The van der Waals surface area contributed by atoms with Gasteiger partial charge in [-0.05, 0) is 43.9 Å². The van der Waals surface area contributed by atoms with Crippen LogP contribution in [0.1, 0.15) is 58.3 Å². The largest absolute Gasteiger partial charge is 0.481 e. The number of allylic oxidation sites excluding steroid dienone is 6. The molecule has 1 rings (SSSR count). The van der Waals surface area contributed by atoms with Gasteiger partial charge in [-0.25, -0.2) is 0 Å². The van der Waals surface area contributed by atoms with E-state index in [4.69, 9.17) is 5.11 Å². The number of unbranched alkanes of at least 4 members (excludes halogenated alkanes) is 4. The molecule has 1 fully saturated rings. The van der Waals surface area contributed by atoms with Gasteiger partial charge < -0.3 is 5.11 Å². The Bertz CT molecular complexity index is 352. The minimum absolute atomic E-state index is 0.279. The highest BCUT2D eigenvalue weighted by molar-refractivity contribution is 5.66. The molecule has 0 aromatic carbocycles. The molecule has 2 nitrogen and oxygen atoms in total. The predicted molar refractivity (Wildman–Crippen MR) is 84.6 cm³/mol. The van der Waals surface area contributed by atoms with Crippen LogP contribution in [0.4, 0.5) is 0 Å². The maximum atomic E-state index is 10.4. The summed E-state index contributed by atoms with van der Waals surface area (Å²) in [6, 6.07) is 0. The summed E-state index contributed by atoms with van der Waals surface area (Å²) in [6.45, 7) is 2.23. The molecule has 0 radical (unpaired) electrons. The molecule has 0 aromatic rings. The molecule has 0 bridgehead atoms. The second-order valence-corrected chi connectivity index (χ2v) is 5.59. The van der Waals surface area contributed by atoms with Gasteiger partial charge in [0.1, 0.15) is 0 Å². The quantitative estimate of drug-likeness (QED) is 0.323. The summed E-state index contributed by atoms with van der Waals surface area (Å²) in [7, 11) is 0. The average molecular weight is 276 g/mol. The topological polar surface area (TPSA) is 37.3 Å². The number of carboxylic acid groups (broad SMARTS) is 1. The number of hydrogen-bond donors (Lipinski definition) is 1. The van der Waals surface area contributed by atoms with E-state index < -0.39 is 5.97 Å². The molecular formula is C18H28O2. The smallest absolute Gasteiger partial charge is 0.303 e. The predicted octanol–water partition coefficient (Wildman–Crippen LogP) is 5.13. The fraction of sp³-hybridized carbons (Fsp3) is 0.611. The first-order valence-electron chi connectivity index (χ1n) is 7.95. The van der Waals surface area contributed by atoms with Gasteiger partial charge in [0, 0.05) is 6.42 Å². The van der Waals surface area contributed by atoms with Crippen LogP contribution >= 0.6 is 0 Å². The van der Waals surface area contributed by atoms with Crippen molar-refractivity contribution in [3.63, 3.8) is 0 Å². The molecule has 1 aliphatic rings. The van der Waals surface area contributed by atoms with E-state index in [0.29, 0.717) is 11.8 Å². The molecule has 112 valence electrons. The minimum Gasteiger partial charge on any atom is -0.481 e. The van der Waals surface area contributed by atoms with E-state index in [-0.39, 0.29) is 6.42 Å². The standard InChI is InChI=1S/C18H28O2/c1-2-3-4-5-6-7-9-12-16-15-17(16)13-10-8-11-14-18(19)20/h6-7,9-10,12-13,16-17H,2-5,8,11,14-15H2,1H3,(H,19,20). The summed E-state index contributed by atoms with van der Waals surface area (Å²) < 4.78 is 0. The van der Waals surface area contributed by atoms with Gasteiger partial charge in [0.2, 0.25) is 0 Å². The number of rotatable bonds is 11. The van der Waals surface area contributed by atoms with E-state index in [2.05, 4.69) is 43.4 Å². The Morgan fingerprint density at radius 1 is 1.05 bits per heavy atom. The van der Waals surface area contributed by atoms with Gasteiger partial charge in [-0.3, -0.25) is 4.79 Å². The monoisotopic (exact) mass is 276 g/mol. The average Bonchev–Trinajstić information content (AvgIpc) is 3.15. The second kappa shape index (κ2) is 10.5. The van der Waals surface area contributed by atoms with Crippen LogP contribution < -0.4 is 0 Å². The SMILES string of the molecule is CCCCCC=CC=CC1CC1C=CCCCC(=O)O. The van der Waals surface area contributed by atoms with E-state index in [0.717, 1.165) is 12.8 Å². The third-order valence-corrected chi connectivity index (χ3v) is 3.62. The van der Waals surface area contributed by atoms with Crippen LogP contribution in [0.15, 0.2) is 36.5 Å². The highest BCUT2D eigenvalue weighted by Crippen LogP contribution is 2.40. The van der Waals surface area contributed by atoms with E-state index in [1.807, 2.05) is 0 Å². The zero-order valence-electron chi connectivity index (χ0n) is 12.6. The molecule has 2 heteroatoms. The summed E-state index contributed by atoms with van der Waals surface area (Å²) >= 11 is 0. The second-order valence-electron chi connectivity index (χ2n) is 5.59. The summed E-state index contributed by atoms with van der Waals surface area (Å²) in [5.41, 5.74) is 0. The lowest BCUT2D eigenvalue weighted by Crippen LogP contribution is -1.92. The summed E-state index contributed by atoms with van der Waals surface area (Å²) in [5, 5.41) is 8.53. The normalized spacial score (nSPS) is 22.2. The first kappa shape index (κ1) is 16.7. The Hall–Kier alpha value is -1.31. The van der Waals surface area contributed by atoms with Crippen molar-refractivity contribution < 1.29 is 9.90 Å². The van der Waals surface area contributed by atoms with E-state index >= 15 is 0 Å². The van der Waals surface area contributed by atoms with Gasteiger partial charge in [0.05, 0.1) is 0 Å². The van der Waals surface area contributed by atoms with Gasteiger partial charge in [-0.1, -0.05) is 56.2 Å². The zero-order valence-corrected chi connectivity index (χ0v) is 12.6. The molecule has 20 heavy (non-hydrogen) atoms. The van der Waals surface area contributed by atoms with Gasteiger partial charge in [0.15, 0.2) is 0 Å². The number of aliphatic carboxylic acids is 1. The van der Waals surface area contributed by atoms with Crippen molar-refractivity contribution in [2.24, 2.45) is 11.8 Å². The molecule has 2 atom stereocenters. The fourth-order valence-electron chi connectivity index (χ4n) is 2.21. The molecule has 1 N–H and O–H groups in total. The first-order chi connectivity index (χ1) is 9.74. The van der Waals surface area contributed by atoms with E-state index in [1.165, 1.54) is 32.1 Å². The van der Waals surface area contributed by atoms with Crippen molar-refractivity contribution in [3.05, 3.63) is 36.5 Å². The van der Waals surface area contributed by atoms with E-state index in [9.17, 15) is 4.79 Å². The molecular weight excluding hydrogens is 248 g/mol. The maximum Gasteiger partial charge on any atom is 0.303 e. The van der Waals surface area contributed by atoms with Crippen LogP contribution in [0.3, 0.4) is 0 Å². The first-order valence-corrected chi connectivity index (χ1v) is 7.95. The molecule has 0 saturated heterocycles. The van der Waals surface area contributed by atoms with Crippen molar-refractivity contribution in [1.82, 2.24) is 0 Å². The van der Waals surface area contributed by atoms with Crippen LogP contribution in [0, 0.1) is 11.8 Å². The highest BCUT2D eigenvalue weighted by atomic mass is 16.4. The molecule has 0 aliphatic heterocycles. The summed E-state index contributed by atoms with van der Waals surface area (Å²) in [5.74, 6) is 0.687. The summed E-state index contributed by atoms with van der Waals surface area (Å²) in [6.07, 6.45) is 21.5. The molecule has 0 amide bonds. The van der Waals surface area contributed by atoms with Crippen LogP contribution in [0.25, 0.3) is 0 Å². The van der Waals surface area contributed by atoms with Gasteiger partial charge >= 0.3 is 5.97 Å². The lowest BCUT2D eigenvalue weighted by Gasteiger charge is -1.91. The van der Waals surface area contributed by atoms with Gasteiger partial charge in [-0.2, -0.15) is 0 Å². The molecule has 0 spiro atoms. The maximum absolute atomic E-state index is 10.4. The Morgan fingerprint density at radius 2 is 1.80 bits per heavy atom. The van der Waals surface area contributed by atoms with Gasteiger partial charge in [-0.15, -0.1) is 0 Å². The third kappa shape index (κ3) is 8.73. The van der Waals surface area contributed by atoms with Crippen molar-refractivity contribution in [1.29, 1.82) is 0 Å². The number of carbonyl (C=O) groups is 1. The Labute approximate surface area is 123 Å². The van der Waals surface area contributed by atoms with Crippen LogP contribution in [-0.4, -0.2) is 11.1 Å². The highest BCUT2D eigenvalue weighted by Gasteiger charge is 2.31. The molecule has 0 heterocycles. The lowest BCUT2D eigenvalue weighted by atomic mass is 10.2. The zero-order chi connectivity index (χ0) is 14.6.